The minimum absolute atomic E-state index is 0.0647. The van der Waals surface area contributed by atoms with E-state index in [1.54, 1.807) is 25.5 Å². The zero-order valence-electron chi connectivity index (χ0n) is 18.6. The van der Waals surface area contributed by atoms with Crippen molar-refractivity contribution < 1.29 is 9.72 Å². The van der Waals surface area contributed by atoms with Crippen molar-refractivity contribution in [3.8, 4) is 16.9 Å². The number of amides is 1. The number of nitrogens with zero attached hydrogens (tertiary/aromatic N) is 5. The Morgan fingerprint density at radius 3 is 2.30 bits per heavy atom. The van der Waals surface area contributed by atoms with Crippen LogP contribution in [0.25, 0.3) is 16.9 Å². The Kier molecular flexibility index (Phi) is 6.03. The molecule has 2 heterocycles. The van der Waals surface area contributed by atoms with Crippen molar-refractivity contribution in [3.63, 3.8) is 0 Å². The van der Waals surface area contributed by atoms with Crippen molar-refractivity contribution in [2.75, 3.05) is 0 Å². The predicted octanol–water partition coefficient (Wildman–Crippen LogP) is 4.14. The van der Waals surface area contributed by atoms with Gasteiger partial charge in [-0.15, -0.1) is 0 Å². The molecule has 0 aliphatic rings. The van der Waals surface area contributed by atoms with E-state index in [1.165, 1.54) is 4.68 Å². The van der Waals surface area contributed by atoms with E-state index in [2.05, 4.69) is 10.4 Å². The van der Waals surface area contributed by atoms with Crippen molar-refractivity contribution >= 4 is 11.6 Å². The van der Waals surface area contributed by atoms with E-state index in [4.69, 9.17) is 5.10 Å². The fourth-order valence-electron chi connectivity index (χ4n) is 3.83. The van der Waals surface area contributed by atoms with Crippen LogP contribution in [0.5, 0.6) is 0 Å². The van der Waals surface area contributed by atoms with Crippen LogP contribution in [-0.2, 0) is 11.3 Å². The second-order valence-corrected chi connectivity index (χ2v) is 7.76. The lowest BCUT2D eigenvalue weighted by atomic mass is 10.1. The van der Waals surface area contributed by atoms with E-state index < -0.39 is 11.0 Å². The number of para-hydroxylation sites is 1. The van der Waals surface area contributed by atoms with Crippen LogP contribution < -0.4 is 5.32 Å². The quantitative estimate of drug-likeness (QED) is 0.340. The molecule has 4 aromatic rings. The Morgan fingerprint density at radius 1 is 1.06 bits per heavy atom. The lowest BCUT2D eigenvalue weighted by Crippen LogP contribution is -2.31. The summed E-state index contributed by atoms with van der Waals surface area (Å²) in [6.45, 7) is 5.08. The summed E-state index contributed by atoms with van der Waals surface area (Å²) < 4.78 is 3.19. The van der Waals surface area contributed by atoms with Crippen LogP contribution in [0.15, 0.2) is 66.9 Å². The maximum Gasteiger partial charge on any atom is 0.312 e. The number of rotatable bonds is 7. The van der Waals surface area contributed by atoms with Gasteiger partial charge >= 0.3 is 5.69 Å². The van der Waals surface area contributed by atoms with Gasteiger partial charge in [0.1, 0.15) is 17.4 Å². The molecule has 0 spiro atoms. The molecule has 0 aliphatic heterocycles. The first-order valence-corrected chi connectivity index (χ1v) is 10.5. The average molecular weight is 444 g/mol. The summed E-state index contributed by atoms with van der Waals surface area (Å²) in [5.74, 6) is -0.290. The molecule has 0 aliphatic carbocycles. The fraction of sp³-hybridized carbons (Fsp3) is 0.208. The highest BCUT2D eigenvalue weighted by molar-refractivity contribution is 5.80. The molecule has 0 bridgehead atoms. The number of nitrogens with one attached hydrogen (secondary N) is 1. The lowest BCUT2D eigenvalue weighted by molar-refractivity contribution is -0.386. The molecule has 2 aromatic carbocycles. The zero-order chi connectivity index (χ0) is 23.5. The van der Waals surface area contributed by atoms with Gasteiger partial charge in [0.05, 0.1) is 16.3 Å². The number of aromatic nitrogens is 4. The molecule has 1 amide bonds. The van der Waals surface area contributed by atoms with E-state index in [1.807, 2.05) is 66.9 Å². The smallest absolute Gasteiger partial charge is 0.312 e. The van der Waals surface area contributed by atoms with Crippen molar-refractivity contribution in [2.45, 2.75) is 33.4 Å². The highest BCUT2D eigenvalue weighted by atomic mass is 16.6. The maximum atomic E-state index is 12.9. The standard InChI is InChI=1S/C24H24N6O3/c1-16-23(30(32)33)17(2)29(26-16)18(3)24(31)25-14-20-15-28(21-12-8-5-9-13-21)27-22(20)19-10-6-4-7-11-19/h4-13,15,18H,14H2,1-3H3,(H,25,31). The Hall–Kier alpha value is -4.27. The van der Waals surface area contributed by atoms with Gasteiger partial charge in [-0.1, -0.05) is 48.5 Å². The summed E-state index contributed by atoms with van der Waals surface area (Å²) in [4.78, 5) is 23.7. The van der Waals surface area contributed by atoms with Gasteiger partial charge in [-0.25, -0.2) is 4.68 Å². The van der Waals surface area contributed by atoms with Gasteiger partial charge in [-0.2, -0.15) is 10.2 Å². The summed E-state index contributed by atoms with van der Waals surface area (Å²) in [5, 5.41) is 23.2. The lowest BCUT2D eigenvalue weighted by Gasteiger charge is -2.14. The van der Waals surface area contributed by atoms with Crippen LogP contribution in [0.4, 0.5) is 5.69 Å². The minimum atomic E-state index is -0.707. The van der Waals surface area contributed by atoms with Gasteiger partial charge in [0.25, 0.3) is 0 Å². The Balaban J connectivity index is 1.59. The molecule has 0 radical (unpaired) electrons. The number of hydrogen-bond donors (Lipinski definition) is 1. The van der Waals surface area contributed by atoms with Crippen molar-refractivity contribution in [1.82, 2.24) is 24.9 Å². The molecule has 0 fully saturated rings. The highest BCUT2D eigenvalue weighted by Gasteiger charge is 2.27. The van der Waals surface area contributed by atoms with Crippen LogP contribution >= 0.6 is 0 Å². The average Bonchev–Trinajstić information content (AvgIpc) is 3.38. The third kappa shape index (κ3) is 4.38. The van der Waals surface area contributed by atoms with E-state index in [0.29, 0.717) is 5.69 Å². The molecule has 0 saturated heterocycles. The van der Waals surface area contributed by atoms with Crippen LogP contribution in [0, 0.1) is 24.0 Å². The topological polar surface area (TPSA) is 108 Å². The van der Waals surface area contributed by atoms with E-state index in [-0.39, 0.29) is 23.8 Å². The number of hydrogen-bond acceptors (Lipinski definition) is 5. The number of aryl methyl sites for hydroxylation is 1. The van der Waals surface area contributed by atoms with Gasteiger partial charge in [-0.3, -0.25) is 19.6 Å². The summed E-state index contributed by atoms with van der Waals surface area (Å²) in [6.07, 6.45) is 1.90. The van der Waals surface area contributed by atoms with E-state index in [0.717, 1.165) is 22.5 Å². The first-order valence-electron chi connectivity index (χ1n) is 10.5. The first-order chi connectivity index (χ1) is 15.9. The molecule has 168 valence electrons. The third-order valence-electron chi connectivity index (χ3n) is 5.53. The number of nitro groups is 1. The molecule has 1 atom stereocenters. The Bertz CT molecular complexity index is 1290. The molecule has 1 N–H and O–H groups in total. The van der Waals surface area contributed by atoms with E-state index in [9.17, 15) is 14.9 Å². The molecular weight excluding hydrogens is 420 g/mol. The van der Waals surface area contributed by atoms with Crippen molar-refractivity contribution in [1.29, 1.82) is 0 Å². The maximum absolute atomic E-state index is 12.9. The van der Waals surface area contributed by atoms with Crippen LogP contribution in [0.1, 0.15) is 29.9 Å². The first kappa shape index (κ1) is 21.9. The molecular formula is C24H24N6O3. The van der Waals surface area contributed by atoms with Crippen LogP contribution in [-0.4, -0.2) is 30.4 Å². The second-order valence-electron chi connectivity index (χ2n) is 7.76. The normalized spacial score (nSPS) is 11.8. The summed E-state index contributed by atoms with van der Waals surface area (Å²) in [6, 6.07) is 18.8. The van der Waals surface area contributed by atoms with Crippen molar-refractivity contribution in [3.05, 3.63) is 93.9 Å². The highest BCUT2D eigenvalue weighted by Crippen LogP contribution is 2.26. The molecule has 9 heteroatoms. The molecule has 33 heavy (non-hydrogen) atoms. The van der Waals surface area contributed by atoms with Crippen LogP contribution in [0.3, 0.4) is 0 Å². The number of carbonyl (C=O) groups excluding carboxylic acids is 1. The van der Waals surface area contributed by atoms with E-state index >= 15 is 0 Å². The van der Waals surface area contributed by atoms with Gasteiger partial charge in [0.2, 0.25) is 5.91 Å². The molecule has 4 rings (SSSR count). The summed E-state index contributed by atoms with van der Waals surface area (Å²) in [5.41, 5.74) is 4.05. The molecule has 1 unspecified atom stereocenters. The third-order valence-corrected chi connectivity index (χ3v) is 5.53. The van der Waals surface area contributed by atoms with Gasteiger partial charge in [-0.05, 0) is 32.9 Å². The minimum Gasteiger partial charge on any atom is -0.350 e. The number of benzene rings is 2. The monoisotopic (exact) mass is 444 g/mol. The predicted molar refractivity (Wildman–Crippen MR) is 124 cm³/mol. The number of carbonyl (C=O) groups is 1. The Labute approximate surface area is 190 Å². The molecule has 0 saturated carbocycles. The van der Waals surface area contributed by atoms with Gasteiger partial charge in [0, 0.05) is 23.9 Å². The molecule has 9 nitrogen and oxygen atoms in total. The zero-order valence-corrected chi connectivity index (χ0v) is 18.6. The molecule has 2 aromatic heterocycles. The van der Waals surface area contributed by atoms with Crippen LogP contribution in [0.2, 0.25) is 0 Å². The Morgan fingerprint density at radius 2 is 1.70 bits per heavy atom. The van der Waals surface area contributed by atoms with Gasteiger partial charge in [0.15, 0.2) is 0 Å². The van der Waals surface area contributed by atoms with Gasteiger partial charge < -0.3 is 5.32 Å². The largest absolute Gasteiger partial charge is 0.350 e. The second kappa shape index (κ2) is 9.07. The summed E-state index contributed by atoms with van der Waals surface area (Å²) in [7, 11) is 0. The summed E-state index contributed by atoms with van der Waals surface area (Å²) >= 11 is 0. The SMILES string of the molecule is Cc1nn(C(C)C(=O)NCc2cn(-c3ccccc3)nc2-c2ccccc2)c(C)c1[N+](=O)[O-]. The fourth-order valence-corrected chi connectivity index (χ4v) is 3.83. The van der Waals surface area contributed by atoms with Crippen molar-refractivity contribution in [2.24, 2.45) is 0 Å².